The third kappa shape index (κ3) is 3.66. The van der Waals surface area contributed by atoms with Crippen LogP contribution in [-0.4, -0.2) is 42.0 Å². The Kier molecular flexibility index (Phi) is 4.71. The fourth-order valence-corrected chi connectivity index (χ4v) is 3.49. The SMILES string of the molecule is O=C(N[C@]1(c2ccc(OC(F)(F)F)c(F)c2)CCOc2cccnc21)N1CCC1. The lowest BCUT2D eigenvalue weighted by Gasteiger charge is -2.41. The number of hydrogen-bond donors (Lipinski definition) is 1. The van der Waals surface area contributed by atoms with Gasteiger partial charge in [-0.15, -0.1) is 13.2 Å². The Hall–Kier alpha value is -3.04. The number of aromatic nitrogens is 1. The molecule has 154 valence electrons. The topological polar surface area (TPSA) is 63.7 Å². The number of likely N-dealkylation sites (tertiary alicyclic amines) is 1. The number of carbonyl (C=O) groups excluding carboxylic acids is 1. The number of carbonyl (C=O) groups is 1. The van der Waals surface area contributed by atoms with Crippen molar-refractivity contribution in [1.29, 1.82) is 0 Å². The van der Waals surface area contributed by atoms with E-state index in [1.807, 2.05) is 0 Å². The van der Waals surface area contributed by atoms with Crippen LogP contribution in [0.3, 0.4) is 0 Å². The summed E-state index contributed by atoms with van der Waals surface area (Å²) < 4.78 is 61.2. The van der Waals surface area contributed by atoms with E-state index in [1.54, 1.807) is 17.0 Å². The number of alkyl halides is 3. The quantitative estimate of drug-likeness (QED) is 0.785. The second-order valence-corrected chi connectivity index (χ2v) is 6.82. The molecule has 2 aliphatic rings. The van der Waals surface area contributed by atoms with Crippen LogP contribution in [0.25, 0.3) is 0 Å². The van der Waals surface area contributed by atoms with Gasteiger partial charge in [0, 0.05) is 25.7 Å². The zero-order chi connectivity index (χ0) is 20.6. The Morgan fingerprint density at radius 2 is 2.07 bits per heavy atom. The van der Waals surface area contributed by atoms with E-state index in [-0.39, 0.29) is 24.6 Å². The van der Waals surface area contributed by atoms with E-state index < -0.39 is 23.5 Å². The summed E-state index contributed by atoms with van der Waals surface area (Å²) in [7, 11) is 0. The number of amides is 2. The largest absolute Gasteiger partial charge is 0.573 e. The van der Waals surface area contributed by atoms with Crippen molar-refractivity contribution in [3.63, 3.8) is 0 Å². The summed E-state index contributed by atoms with van der Waals surface area (Å²) in [4.78, 5) is 18.6. The molecule has 2 aliphatic heterocycles. The van der Waals surface area contributed by atoms with E-state index >= 15 is 0 Å². The number of ether oxygens (including phenoxy) is 2. The van der Waals surface area contributed by atoms with Crippen molar-refractivity contribution in [2.75, 3.05) is 19.7 Å². The molecule has 1 N–H and O–H groups in total. The third-order valence-electron chi connectivity index (χ3n) is 5.02. The second kappa shape index (κ2) is 7.09. The normalized spacial score (nSPS) is 20.9. The van der Waals surface area contributed by atoms with E-state index in [2.05, 4.69) is 15.0 Å². The van der Waals surface area contributed by atoms with Crippen LogP contribution in [-0.2, 0) is 5.54 Å². The van der Waals surface area contributed by atoms with Crippen molar-refractivity contribution in [2.45, 2.75) is 24.7 Å². The molecule has 0 aliphatic carbocycles. The number of hydrogen-bond acceptors (Lipinski definition) is 4. The maximum Gasteiger partial charge on any atom is 0.573 e. The van der Waals surface area contributed by atoms with Gasteiger partial charge in [-0.2, -0.15) is 0 Å². The van der Waals surface area contributed by atoms with Gasteiger partial charge in [-0.3, -0.25) is 4.98 Å². The fourth-order valence-electron chi connectivity index (χ4n) is 3.49. The summed E-state index contributed by atoms with van der Waals surface area (Å²) in [6.07, 6.45) is -2.39. The van der Waals surface area contributed by atoms with E-state index in [0.717, 1.165) is 18.6 Å². The molecule has 1 atom stereocenters. The monoisotopic (exact) mass is 411 g/mol. The smallest absolute Gasteiger partial charge is 0.491 e. The maximum absolute atomic E-state index is 14.5. The summed E-state index contributed by atoms with van der Waals surface area (Å²) in [5.41, 5.74) is -0.635. The van der Waals surface area contributed by atoms with Crippen LogP contribution in [0, 0.1) is 5.82 Å². The van der Waals surface area contributed by atoms with Gasteiger partial charge in [-0.1, -0.05) is 6.07 Å². The molecule has 1 aromatic carbocycles. The molecule has 1 fully saturated rings. The zero-order valence-corrected chi connectivity index (χ0v) is 15.1. The van der Waals surface area contributed by atoms with Gasteiger partial charge >= 0.3 is 12.4 Å². The highest BCUT2D eigenvalue weighted by Gasteiger charge is 2.44. The average Bonchev–Trinajstić information content (AvgIpc) is 2.61. The van der Waals surface area contributed by atoms with Crippen LogP contribution >= 0.6 is 0 Å². The zero-order valence-electron chi connectivity index (χ0n) is 15.1. The summed E-state index contributed by atoms with van der Waals surface area (Å²) in [5.74, 6) is -1.72. The highest BCUT2D eigenvalue weighted by Crippen LogP contribution is 2.42. The van der Waals surface area contributed by atoms with Crippen molar-refractivity contribution in [3.05, 3.63) is 53.6 Å². The first-order chi connectivity index (χ1) is 13.8. The van der Waals surface area contributed by atoms with Crippen LogP contribution in [0.2, 0.25) is 0 Å². The molecule has 3 heterocycles. The number of nitrogens with zero attached hydrogens (tertiary/aromatic N) is 2. The number of fused-ring (bicyclic) bond motifs is 1. The molecule has 0 unspecified atom stereocenters. The lowest BCUT2D eigenvalue weighted by atomic mass is 9.81. The first-order valence-electron chi connectivity index (χ1n) is 9.00. The van der Waals surface area contributed by atoms with Crippen LogP contribution in [0.1, 0.15) is 24.1 Å². The molecule has 0 spiro atoms. The van der Waals surface area contributed by atoms with Gasteiger partial charge in [0.05, 0.1) is 6.61 Å². The molecular weight excluding hydrogens is 394 g/mol. The van der Waals surface area contributed by atoms with Gasteiger partial charge in [0.15, 0.2) is 11.6 Å². The number of rotatable bonds is 3. The Bertz CT molecular complexity index is 933. The van der Waals surface area contributed by atoms with Crippen LogP contribution in [0.5, 0.6) is 11.5 Å². The standard InChI is InChI=1S/C19H17F4N3O3/c20-13-11-12(4-5-14(13)29-19(21,22)23)18(25-17(27)26-8-2-9-26)6-10-28-15-3-1-7-24-16(15)18/h1,3-5,7,11H,2,6,8-10H2,(H,25,27)/t18-/m0/s1. The van der Waals surface area contributed by atoms with E-state index in [9.17, 15) is 22.4 Å². The maximum atomic E-state index is 14.5. The molecule has 2 amide bonds. The minimum atomic E-state index is -5.02. The molecule has 29 heavy (non-hydrogen) atoms. The Labute approximate surface area is 163 Å². The van der Waals surface area contributed by atoms with Crippen LogP contribution < -0.4 is 14.8 Å². The van der Waals surface area contributed by atoms with Crippen molar-refractivity contribution in [2.24, 2.45) is 0 Å². The lowest BCUT2D eigenvalue weighted by Crippen LogP contribution is -2.57. The summed E-state index contributed by atoms with van der Waals surface area (Å²) >= 11 is 0. The fraction of sp³-hybridized carbons (Fsp3) is 0.368. The highest BCUT2D eigenvalue weighted by molar-refractivity contribution is 5.77. The number of urea groups is 1. The summed E-state index contributed by atoms with van der Waals surface area (Å²) in [6, 6.07) is 6.10. The van der Waals surface area contributed by atoms with Gasteiger partial charge in [-0.25, -0.2) is 9.18 Å². The van der Waals surface area contributed by atoms with Gasteiger partial charge in [0.2, 0.25) is 0 Å². The molecule has 6 nitrogen and oxygen atoms in total. The lowest BCUT2D eigenvalue weighted by molar-refractivity contribution is -0.275. The molecular formula is C19H17F4N3O3. The predicted octanol–water partition coefficient (Wildman–Crippen LogP) is 3.56. The molecule has 4 rings (SSSR count). The predicted molar refractivity (Wildman–Crippen MR) is 92.9 cm³/mol. The van der Waals surface area contributed by atoms with E-state index in [4.69, 9.17) is 4.74 Å². The Morgan fingerprint density at radius 1 is 1.28 bits per heavy atom. The van der Waals surface area contributed by atoms with Crippen LogP contribution in [0.4, 0.5) is 22.4 Å². The molecule has 0 radical (unpaired) electrons. The van der Waals surface area contributed by atoms with E-state index in [1.165, 1.54) is 12.3 Å². The van der Waals surface area contributed by atoms with Crippen molar-refractivity contribution in [3.8, 4) is 11.5 Å². The number of benzene rings is 1. The first-order valence-corrected chi connectivity index (χ1v) is 9.00. The second-order valence-electron chi connectivity index (χ2n) is 6.82. The van der Waals surface area contributed by atoms with Crippen LogP contribution in [0.15, 0.2) is 36.5 Å². The summed E-state index contributed by atoms with van der Waals surface area (Å²) in [6.45, 7) is 1.40. The van der Waals surface area contributed by atoms with Gasteiger partial charge in [-0.05, 0) is 36.2 Å². The van der Waals surface area contributed by atoms with Gasteiger partial charge < -0.3 is 19.7 Å². The first kappa shape index (κ1) is 19.3. The van der Waals surface area contributed by atoms with Crippen molar-refractivity contribution in [1.82, 2.24) is 15.2 Å². The molecule has 1 saturated heterocycles. The Balaban J connectivity index is 1.77. The van der Waals surface area contributed by atoms with Crippen molar-refractivity contribution < 1.29 is 31.8 Å². The Morgan fingerprint density at radius 3 is 2.72 bits per heavy atom. The molecule has 10 heteroatoms. The number of halogens is 4. The number of nitrogens with one attached hydrogen (secondary N) is 1. The molecule has 0 saturated carbocycles. The highest BCUT2D eigenvalue weighted by atomic mass is 19.4. The minimum absolute atomic E-state index is 0.210. The molecule has 2 aromatic rings. The summed E-state index contributed by atoms with van der Waals surface area (Å²) in [5, 5.41) is 2.92. The number of pyridine rings is 1. The third-order valence-corrected chi connectivity index (χ3v) is 5.02. The van der Waals surface area contributed by atoms with Crippen molar-refractivity contribution >= 4 is 6.03 Å². The van der Waals surface area contributed by atoms with E-state index in [0.29, 0.717) is 24.5 Å². The van der Waals surface area contributed by atoms with Gasteiger partial charge in [0.25, 0.3) is 0 Å². The molecule has 0 bridgehead atoms. The van der Waals surface area contributed by atoms with Gasteiger partial charge in [0.1, 0.15) is 17.0 Å². The molecule has 1 aromatic heterocycles. The average molecular weight is 411 g/mol. The minimum Gasteiger partial charge on any atom is -0.491 e.